The van der Waals surface area contributed by atoms with E-state index in [1.54, 1.807) is 52.0 Å². The Balaban J connectivity index is 1.65. The van der Waals surface area contributed by atoms with Crippen molar-refractivity contribution in [1.29, 1.82) is 5.26 Å². The largest absolute Gasteiger partial charge is 0.365 e. The highest BCUT2D eigenvalue weighted by atomic mass is 35.5. The quantitative estimate of drug-likeness (QED) is 0.654. The molecule has 156 valence electrons. The highest BCUT2D eigenvalue weighted by molar-refractivity contribution is 6.30. The smallest absolute Gasteiger partial charge is 0.322 e. The number of nitrogens with one attached hydrogen (secondary N) is 1. The Bertz CT molecular complexity index is 1210. The summed E-state index contributed by atoms with van der Waals surface area (Å²) >= 11 is 6.11. The number of hydrogen-bond acceptors (Lipinski definition) is 4. The average molecular weight is 435 g/mol. The van der Waals surface area contributed by atoms with Gasteiger partial charge < -0.3 is 16.0 Å². The van der Waals surface area contributed by atoms with Gasteiger partial charge in [-0.1, -0.05) is 23.7 Å². The predicted octanol–water partition coefficient (Wildman–Crippen LogP) is 3.61. The third kappa shape index (κ3) is 3.96. The zero-order valence-corrected chi connectivity index (χ0v) is 17.4. The van der Waals surface area contributed by atoms with Crippen LogP contribution in [0, 0.1) is 11.3 Å². The van der Waals surface area contributed by atoms with Crippen molar-refractivity contribution in [2.45, 2.75) is 26.1 Å². The molecular formula is C22H19ClN6O2. The molecule has 0 spiro atoms. The summed E-state index contributed by atoms with van der Waals surface area (Å²) in [4.78, 5) is 26.9. The molecule has 3 N–H and O–H groups in total. The lowest BCUT2D eigenvalue weighted by Crippen LogP contribution is -2.47. The SMILES string of the molecule is C[C@@H]1Cn2nc(-c3cccc(Cl)c3)c(C(N)=O)c2CN1C(=O)Nc1ccc(C#N)cc1. The summed E-state index contributed by atoms with van der Waals surface area (Å²) in [7, 11) is 0. The maximum absolute atomic E-state index is 12.9. The second kappa shape index (κ2) is 8.13. The normalized spacial score (nSPS) is 15.1. The number of hydrogen-bond donors (Lipinski definition) is 2. The van der Waals surface area contributed by atoms with Crippen molar-refractivity contribution in [3.8, 4) is 17.3 Å². The topological polar surface area (TPSA) is 117 Å². The zero-order valence-electron chi connectivity index (χ0n) is 16.7. The number of anilines is 1. The molecule has 31 heavy (non-hydrogen) atoms. The number of carbonyl (C=O) groups is 2. The summed E-state index contributed by atoms with van der Waals surface area (Å²) in [5.74, 6) is -0.613. The maximum atomic E-state index is 12.9. The van der Waals surface area contributed by atoms with Gasteiger partial charge in [-0.15, -0.1) is 0 Å². The number of fused-ring (bicyclic) bond motifs is 1. The lowest BCUT2D eigenvalue weighted by Gasteiger charge is -2.34. The lowest BCUT2D eigenvalue weighted by molar-refractivity contribution is 0.0995. The van der Waals surface area contributed by atoms with E-state index in [4.69, 9.17) is 22.6 Å². The number of urea groups is 1. The standard InChI is InChI=1S/C22H19ClN6O2/c1-13-11-29-18(12-28(13)22(31)26-17-7-5-14(10-24)6-8-17)19(21(25)30)20(27-29)15-3-2-4-16(23)9-15/h2-9,13H,11-12H2,1H3,(H2,25,30)(H,26,31)/t13-/m1/s1. The van der Waals surface area contributed by atoms with Crippen LogP contribution in [-0.4, -0.2) is 32.7 Å². The minimum atomic E-state index is -0.613. The van der Waals surface area contributed by atoms with Crippen LogP contribution in [0.3, 0.4) is 0 Å². The number of nitrogens with zero attached hydrogens (tertiary/aromatic N) is 4. The van der Waals surface area contributed by atoms with Crippen molar-refractivity contribution < 1.29 is 9.59 Å². The fraction of sp³-hybridized carbons (Fsp3) is 0.182. The summed E-state index contributed by atoms with van der Waals surface area (Å²) in [5.41, 5.74) is 8.77. The third-order valence-electron chi connectivity index (χ3n) is 5.22. The van der Waals surface area contributed by atoms with E-state index in [9.17, 15) is 9.59 Å². The Morgan fingerprint density at radius 3 is 2.65 bits per heavy atom. The molecule has 8 nitrogen and oxygen atoms in total. The molecule has 3 aromatic rings. The average Bonchev–Trinajstić information content (AvgIpc) is 3.12. The van der Waals surface area contributed by atoms with Crippen LogP contribution in [0.5, 0.6) is 0 Å². The maximum Gasteiger partial charge on any atom is 0.322 e. The van der Waals surface area contributed by atoms with Crippen molar-refractivity contribution in [3.63, 3.8) is 0 Å². The van der Waals surface area contributed by atoms with Crippen LogP contribution in [0.15, 0.2) is 48.5 Å². The number of benzene rings is 2. The molecule has 0 bridgehead atoms. The minimum absolute atomic E-state index is 0.168. The molecule has 1 aromatic heterocycles. The summed E-state index contributed by atoms with van der Waals surface area (Å²) in [5, 5.41) is 16.9. The number of halogens is 1. The molecule has 0 unspecified atom stereocenters. The van der Waals surface area contributed by atoms with Crippen LogP contribution in [0.1, 0.15) is 28.5 Å². The van der Waals surface area contributed by atoms with Crippen molar-refractivity contribution in [1.82, 2.24) is 14.7 Å². The van der Waals surface area contributed by atoms with Gasteiger partial charge in [-0.3, -0.25) is 9.48 Å². The van der Waals surface area contributed by atoms with Crippen molar-refractivity contribution in [2.24, 2.45) is 5.73 Å². The van der Waals surface area contributed by atoms with Crippen molar-refractivity contribution in [2.75, 3.05) is 5.32 Å². The van der Waals surface area contributed by atoms with Crippen LogP contribution in [0.25, 0.3) is 11.3 Å². The van der Waals surface area contributed by atoms with Gasteiger partial charge >= 0.3 is 6.03 Å². The molecule has 9 heteroatoms. The molecule has 0 saturated heterocycles. The van der Waals surface area contributed by atoms with Crippen LogP contribution in [-0.2, 0) is 13.1 Å². The molecule has 0 aliphatic carbocycles. The summed E-state index contributed by atoms with van der Waals surface area (Å²) in [6, 6.07) is 15.2. The van der Waals surface area contributed by atoms with Crippen molar-refractivity contribution >= 4 is 29.2 Å². The van der Waals surface area contributed by atoms with Gasteiger partial charge in [-0.05, 0) is 43.3 Å². The van der Waals surface area contributed by atoms with E-state index < -0.39 is 5.91 Å². The molecule has 3 amide bonds. The molecule has 1 aliphatic heterocycles. The predicted molar refractivity (Wildman–Crippen MR) is 116 cm³/mol. The molecule has 0 fully saturated rings. The fourth-order valence-corrected chi connectivity index (χ4v) is 3.86. The van der Waals surface area contributed by atoms with Gasteiger partial charge in [0.05, 0.1) is 42.0 Å². The number of nitrogens with two attached hydrogens (primary N) is 1. The number of rotatable bonds is 3. The number of primary amides is 1. The Hall–Kier alpha value is -3.83. The molecular weight excluding hydrogens is 416 g/mol. The third-order valence-corrected chi connectivity index (χ3v) is 5.45. The lowest BCUT2D eigenvalue weighted by atomic mass is 10.0. The Morgan fingerprint density at radius 2 is 2.00 bits per heavy atom. The van der Waals surface area contributed by atoms with E-state index in [2.05, 4.69) is 10.4 Å². The molecule has 2 aromatic carbocycles. The molecule has 0 saturated carbocycles. The van der Waals surface area contributed by atoms with E-state index >= 15 is 0 Å². The number of nitriles is 1. The van der Waals surface area contributed by atoms with Crippen LogP contribution >= 0.6 is 11.6 Å². The first-order valence-corrected chi connectivity index (χ1v) is 9.98. The summed E-state index contributed by atoms with van der Waals surface area (Å²) < 4.78 is 1.73. The summed E-state index contributed by atoms with van der Waals surface area (Å²) in [6.45, 7) is 2.50. The Labute approximate surface area is 183 Å². The second-order valence-electron chi connectivity index (χ2n) is 7.32. The zero-order chi connectivity index (χ0) is 22.1. The van der Waals surface area contributed by atoms with Gasteiger partial charge in [0.15, 0.2) is 0 Å². The van der Waals surface area contributed by atoms with Crippen LogP contribution in [0.4, 0.5) is 10.5 Å². The van der Waals surface area contributed by atoms with Gasteiger partial charge in [0, 0.05) is 16.3 Å². The molecule has 1 aliphatic rings. The minimum Gasteiger partial charge on any atom is -0.365 e. The monoisotopic (exact) mass is 434 g/mol. The first-order chi connectivity index (χ1) is 14.9. The van der Waals surface area contributed by atoms with E-state index in [-0.39, 0.29) is 24.2 Å². The second-order valence-corrected chi connectivity index (χ2v) is 7.76. The number of carbonyl (C=O) groups excluding carboxylic acids is 2. The fourth-order valence-electron chi connectivity index (χ4n) is 3.67. The highest BCUT2D eigenvalue weighted by Crippen LogP contribution is 2.31. The highest BCUT2D eigenvalue weighted by Gasteiger charge is 2.33. The molecule has 0 radical (unpaired) electrons. The van der Waals surface area contributed by atoms with E-state index in [1.807, 2.05) is 19.1 Å². The van der Waals surface area contributed by atoms with Crippen molar-refractivity contribution in [3.05, 3.63) is 70.4 Å². The number of amides is 3. The first-order valence-electron chi connectivity index (χ1n) is 9.60. The molecule has 1 atom stereocenters. The van der Waals surface area contributed by atoms with Gasteiger partial charge in [0.25, 0.3) is 5.91 Å². The van der Waals surface area contributed by atoms with E-state index in [1.165, 1.54) is 0 Å². The Morgan fingerprint density at radius 1 is 1.26 bits per heavy atom. The number of aromatic nitrogens is 2. The molecule has 2 heterocycles. The van der Waals surface area contributed by atoms with Crippen LogP contribution in [0.2, 0.25) is 5.02 Å². The van der Waals surface area contributed by atoms with Gasteiger partial charge in [-0.2, -0.15) is 10.4 Å². The Kier molecular flexibility index (Phi) is 5.36. The summed E-state index contributed by atoms with van der Waals surface area (Å²) in [6.07, 6.45) is 0. The molecule has 4 rings (SSSR count). The van der Waals surface area contributed by atoms with E-state index in [0.717, 1.165) is 0 Å². The first kappa shape index (κ1) is 20.4. The van der Waals surface area contributed by atoms with E-state index in [0.29, 0.717) is 39.8 Å². The van der Waals surface area contributed by atoms with Gasteiger partial charge in [0.2, 0.25) is 0 Å². The van der Waals surface area contributed by atoms with Crippen LogP contribution < -0.4 is 11.1 Å². The van der Waals surface area contributed by atoms with Gasteiger partial charge in [-0.25, -0.2) is 4.79 Å². The van der Waals surface area contributed by atoms with Gasteiger partial charge in [0.1, 0.15) is 5.69 Å².